The van der Waals surface area contributed by atoms with Crippen LogP contribution in [0.5, 0.6) is 0 Å². The van der Waals surface area contributed by atoms with Crippen molar-refractivity contribution in [3.8, 4) is 0 Å². The minimum absolute atomic E-state index is 0.0118. The van der Waals surface area contributed by atoms with E-state index in [1.54, 1.807) is 12.1 Å². The Bertz CT molecular complexity index is 363. The van der Waals surface area contributed by atoms with E-state index in [-0.39, 0.29) is 18.8 Å². The fraction of sp³-hybridized carbons (Fsp3) is 0.545. The number of aldehydes is 1. The molecule has 1 saturated heterocycles. The molecule has 1 fully saturated rings. The number of rotatable bonds is 3. The second-order valence-electron chi connectivity index (χ2n) is 3.95. The van der Waals surface area contributed by atoms with Crippen molar-refractivity contribution in [2.75, 3.05) is 24.6 Å². The third-order valence-corrected chi connectivity index (χ3v) is 2.57. The van der Waals surface area contributed by atoms with E-state index >= 15 is 0 Å². The van der Waals surface area contributed by atoms with Crippen LogP contribution in [0.15, 0.2) is 16.5 Å². The molecular weight excluding hydrogens is 210 g/mol. The molecule has 1 aromatic rings. The Balaban J connectivity index is 2.10. The summed E-state index contributed by atoms with van der Waals surface area (Å²) >= 11 is 0. The van der Waals surface area contributed by atoms with Crippen LogP contribution in [0.4, 0.5) is 5.88 Å². The van der Waals surface area contributed by atoms with Crippen molar-refractivity contribution in [2.24, 2.45) is 0 Å². The Morgan fingerprint density at radius 1 is 1.56 bits per heavy atom. The molecule has 16 heavy (non-hydrogen) atoms. The zero-order chi connectivity index (χ0) is 11.5. The number of aliphatic hydroxyl groups is 1. The van der Waals surface area contributed by atoms with Gasteiger partial charge in [0.1, 0.15) is 0 Å². The average molecular weight is 225 g/mol. The van der Waals surface area contributed by atoms with Crippen molar-refractivity contribution in [1.82, 2.24) is 0 Å². The molecule has 1 N–H and O–H groups in total. The van der Waals surface area contributed by atoms with Gasteiger partial charge in [0.05, 0.1) is 18.8 Å². The Morgan fingerprint density at radius 2 is 2.38 bits per heavy atom. The fourth-order valence-corrected chi connectivity index (χ4v) is 1.90. The number of carbonyl (C=O) groups excluding carboxylic acids is 1. The average Bonchev–Trinajstić information content (AvgIpc) is 2.76. The summed E-state index contributed by atoms with van der Waals surface area (Å²) < 4.78 is 10.9. The quantitative estimate of drug-likeness (QED) is 0.766. The minimum atomic E-state index is -0.200. The smallest absolute Gasteiger partial charge is 0.196 e. The van der Waals surface area contributed by atoms with E-state index in [4.69, 9.17) is 14.3 Å². The van der Waals surface area contributed by atoms with Crippen LogP contribution in [0.2, 0.25) is 0 Å². The van der Waals surface area contributed by atoms with E-state index in [1.807, 2.05) is 11.8 Å². The number of furan rings is 1. The van der Waals surface area contributed by atoms with Crippen LogP contribution in [-0.2, 0) is 4.74 Å². The molecule has 2 heterocycles. The van der Waals surface area contributed by atoms with Gasteiger partial charge in [0.15, 0.2) is 17.9 Å². The highest BCUT2D eigenvalue weighted by Gasteiger charge is 2.26. The molecular formula is C11H15NO4. The molecule has 0 saturated carbocycles. The van der Waals surface area contributed by atoms with Crippen LogP contribution in [0.1, 0.15) is 17.5 Å². The summed E-state index contributed by atoms with van der Waals surface area (Å²) in [5.74, 6) is 0.963. The summed E-state index contributed by atoms with van der Waals surface area (Å²) in [5.41, 5.74) is 0. The van der Waals surface area contributed by atoms with Crippen LogP contribution >= 0.6 is 0 Å². The summed E-state index contributed by atoms with van der Waals surface area (Å²) in [4.78, 5) is 12.5. The lowest BCUT2D eigenvalue weighted by Gasteiger charge is -2.35. The monoisotopic (exact) mass is 225 g/mol. The number of morpholine rings is 1. The van der Waals surface area contributed by atoms with Gasteiger partial charge in [-0.25, -0.2) is 0 Å². The van der Waals surface area contributed by atoms with Gasteiger partial charge in [-0.3, -0.25) is 4.79 Å². The topological polar surface area (TPSA) is 62.9 Å². The van der Waals surface area contributed by atoms with Crippen LogP contribution in [0.3, 0.4) is 0 Å². The number of ether oxygens (including phenoxy) is 1. The number of carbonyl (C=O) groups is 1. The molecule has 0 aliphatic carbocycles. The van der Waals surface area contributed by atoms with Crippen molar-refractivity contribution in [3.05, 3.63) is 17.9 Å². The van der Waals surface area contributed by atoms with Gasteiger partial charge in [-0.2, -0.15) is 0 Å². The first-order valence-electron chi connectivity index (χ1n) is 5.29. The van der Waals surface area contributed by atoms with Gasteiger partial charge in [0.25, 0.3) is 0 Å². The normalized spacial score (nSPS) is 25.8. The maximum Gasteiger partial charge on any atom is 0.196 e. The third-order valence-electron chi connectivity index (χ3n) is 2.57. The van der Waals surface area contributed by atoms with Crippen LogP contribution < -0.4 is 4.90 Å². The van der Waals surface area contributed by atoms with Crippen LogP contribution in [0.25, 0.3) is 0 Å². The van der Waals surface area contributed by atoms with Gasteiger partial charge < -0.3 is 19.2 Å². The number of nitrogens with zero attached hydrogens (tertiary/aromatic N) is 1. The zero-order valence-corrected chi connectivity index (χ0v) is 9.13. The molecule has 0 amide bonds. The van der Waals surface area contributed by atoms with Crippen molar-refractivity contribution in [2.45, 2.75) is 19.1 Å². The fourth-order valence-electron chi connectivity index (χ4n) is 1.90. The lowest BCUT2D eigenvalue weighted by Crippen LogP contribution is -2.47. The van der Waals surface area contributed by atoms with Gasteiger partial charge in [0, 0.05) is 19.2 Å². The molecule has 1 aliphatic heterocycles. The standard InChI is InChI=1S/C11H15NO4/c1-8-4-12(5-10(7-14)15-8)11-3-2-9(6-13)16-11/h2-3,6,8,10,14H,4-5,7H2,1H3. The SMILES string of the molecule is CC1CN(c2ccc(C=O)o2)CC(CO)O1. The number of anilines is 1. The third kappa shape index (κ3) is 2.25. The van der Waals surface area contributed by atoms with Crippen molar-refractivity contribution >= 4 is 12.2 Å². The first-order valence-corrected chi connectivity index (χ1v) is 5.29. The molecule has 5 heteroatoms. The highest BCUT2D eigenvalue weighted by molar-refractivity contribution is 5.71. The van der Waals surface area contributed by atoms with Crippen molar-refractivity contribution < 1.29 is 19.1 Å². The Morgan fingerprint density at radius 3 is 3.00 bits per heavy atom. The van der Waals surface area contributed by atoms with E-state index in [1.165, 1.54) is 0 Å². The largest absolute Gasteiger partial charge is 0.438 e. The minimum Gasteiger partial charge on any atom is -0.438 e. The van der Waals surface area contributed by atoms with Gasteiger partial charge in [-0.1, -0.05) is 0 Å². The molecule has 88 valence electrons. The van der Waals surface area contributed by atoms with Gasteiger partial charge in [0.2, 0.25) is 0 Å². The Labute approximate surface area is 93.6 Å². The first kappa shape index (κ1) is 11.2. The lowest BCUT2D eigenvalue weighted by atomic mass is 10.2. The van der Waals surface area contributed by atoms with Gasteiger partial charge in [-0.15, -0.1) is 0 Å². The maximum atomic E-state index is 10.5. The first-order chi connectivity index (χ1) is 7.72. The summed E-state index contributed by atoms with van der Waals surface area (Å²) in [6, 6.07) is 3.40. The molecule has 1 aromatic heterocycles. The van der Waals surface area contributed by atoms with E-state index in [0.717, 1.165) is 0 Å². The molecule has 2 unspecified atom stereocenters. The Hall–Kier alpha value is -1.33. The molecule has 2 rings (SSSR count). The molecule has 0 spiro atoms. The summed E-state index contributed by atoms with van der Waals surface area (Å²) in [6.45, 7) is 3.20. The molecule has 2 atom stereocenters. The van der Waals surface area contributed by atoms with E-state index in [9.17, 15) is 4.79 Å². The van der Waals surface area contributed by atoms with E-state index in [0.29, 0.717) is 31.0 Å². The maximum absolute atomic E-state index is 10.5. The number of hydrogen-bond acceptors (Lipinski definition) is 5. The summed E-state index contributed by atoms with van der Waals surface area (Å²) in [7, 11) is 0. The molecule has 5 nitrogen and oxygen atoms in total. The predicted octanol–water partition coefficient (Wildman–Crippen LogP) is 0.678. The number of aliphatic hydroxyl groups excluding tert-OH is 1. The van der Waals surface area contributed by atoms with Crippen LogP contribution in [0, 0.1) is 0 Å². The second-order valence-corrected chi connectivity index (χ2v) is 3.95. The predicted molar refractivity (Wildman–Crippen MR) is 57.7 cm³/mol. The highest BCUT2D eigenvalue weighted by Crippen LogP contribution is 2.22. The van der Waals surface area contributed by atoms with Crippen molar-refractivity contribution in [3.63, 3.8) is 0 Å². The molecule has 0 bridgehead atoms. The van der Waals surface area contributed by atoms with E-state index < -0.39 is 0 Å². The lowest BCUT2D eigenvalue weighted by molar-refractivity contribution is -0.0430. The molecule has 0 radical (unpaired) electrons. The van der Waals surface area contributed by atoms with Crippen LogP contribution in [-0.4, -0.2) is 43.3 Å². The second kappa shape index (κ2) is 4.67. The summed E-state index contributed by atoms with van der Waals surface area (Å²) in [6.07, 6.45) is 0.515. The van der Waals surface area contributed by atoms with E-state index in [2.05, 4.69) is 0 Å². The number of hydrogen-bond donors (Lipinski definition) is 1. The Kier molecular flexibility index (Phi) is 3.26. The molecule has 1 aliphatic rings. The highest BCUT2D eigenvalue weighted by atomic mass is 16.5. The summed E-state index contributed by atoms with van der Waals surface area (Å²) in [5, 5.41) is 9.09. The van der Waals surface area contributed by atoms with Gasteiger partial charge in [-0.05, 0) is 13.0 Å². The molecule has 0 aromatic carbocycles. The van der Waals surface area contributed by atoms with Gasteiger partial charge >= 0.3 is 0 Å². The van der Waals surface area contributed by atoms with Crippen molar-refractivity contribution in [1.29, 1.82) is 0 Å². The zero-order valence-electron chi connectivity index (χ0n) is 9.13.